The van der Waals surface area contributed by atoms with E-state index in [9.17, 15) is 4.79 Å². The van der Waals surface area contributed by atoms with Crippen LogP contribution >= 0.6 is 0 Å². The maximum atomic E-state index is 13.2. The van der Waals surface area contributed by atoms with Crippen molar-refractivity contribution in [2.45, 2.75) is 12.8 Å². The lowest BCUT2D eigenvalue weighted by atomic mass is 9.88. The van der Waals surface area contributed by atoms with Crippen LogP contribution in [0.5, 0.6) is 5.75 Å². The molecule has 1 aromatic heterocycles. The van der Waals surface area contributed by atoms with Crippen molar-refractivity contribution < 1.29 is 9.53 Å². The number of carbonyl (C=O) groups is 1. The van der Waals surface area contributed by atoms with Crippen LogP contribution in [-0.2, 0) is 12.8 Å². The molecule has 0 spiro atoms. The molecular weight excluding hydrogens is 364 g/mol. The first-order chi connectivity index (χ1) is 14.2. The first-order valence-corrected chi connectivity index (χ1v) is 10.1. The number of fused-ring (bicyclic) bond motifs is 3. The molecule has 0 bridgehead atoms. The van der Waals surface area contributed by atoms with Gasteiger partial charge >= 0.3 is 0 Å². The topological polar surface area (TPSA) is 61.5 Å². The first kappa shape index (κ1) is 17.8. The van der Waals surface area contributed by atoms with Crippen LogP contribution in [0.3, 0.4) is 0 Å². The minimum atomic E-state index is 0.0587. The number of nitrogens with zero attached hydrogens (tertiary/aromatic N) is 3. The second kappa shape index (κ2) is 7.28. The Hall–Kier alpha value is -3.28. The third-order valence-corrected chi connectivity index (χ3v) is 5.98. The van der Waals surface area contributed by atoms with Crippen LogP contribution in [0.1, 0.15) is 21.6 Å². The molecule has 1 amide bonds. The lowest BCUT2D eigenvalue weighted by Gasteiger charge is -2.36. The van der Waals surface area contributed by atoms with Gasteiger partial charge in [-0.3, -0.25) is 9.89 Å². The molecule has 2 heterocycles. The molecule has 29 heavy (non-hydrogen) atoms. The van der Waals surface area contributed by atoms with Crippen molar-refractivity contribution in [1.29, 1.82) is 0 Å². The fourth-order valence-electron chi connectivity index (χ4n) is 4.37. The minimum absolute atomic E-state index is 0.0587. The fraction of sp³-hybridized carbons (Fsp3) is 0.304. The highest BCUT2D eigenvalue weighted by atomic mass is 16.5. The van der Waals surface area contributed by atoms with E-state index in [-0.39, 0.29) is 5.91 Å². The molecule has 0 saturated carbocycles. The van der Waals surface area contributed by atoms with Crippen LogP contribution in [0.25, 0.3) is 11.3 Å². The molecule has 6 heteroatoms. The first-order valence-electron chi connectivity index (χ1n) is 10.1. The van der Waals surface area contributed by atoms with E-state index in [2.05, 4.69) is 45.4 Å². The Morgan fingerprint density at radius 2 is 1.83 bits per heavy atom. The number of methoxy groups -OCH3 is 1. The van der Waals surface area contributed by atoms with Gasteiger partial charge in [0, 0.05) is 43.0 Å². The number of ether oxygens (including phenoxy) is 1. The summed E-state index contributed by atoms with van der Waals surface area (Å²) < 4.78 is 5.34. The monoisotopic (exact) mass is 388 g/mol. The highest BCUT2D eigenvalue weighted by molar-refractivity contribution is 5.96. The standard InChI is InChI=1S/C23H24N4O2/c1-29-18-8-10-19-16(15-18)7-9-20-21(19)24-25-22(20)23(28)27-13-11-26(12-14-27)17-5-3-2-4-6-17/h2-6,8,10,15H,7,9,11-14H2,1H3,(H,24,25). The number of benzene rings is 2. The number of anilines is 1. The van der Waals surface area contributed by atoms with Gasteiger partial charge in [0.25, 0.3) is 5.91 Å². The molecule has 0 radical (unpaired) electrons. The van der Waals surface area contributed by atoms with Crippen LogP contribution in [0.4, 0.5) is 5.69 Å². The van der Waals surface area contributed by atoms with E-state index in [4.69, 9.17) is 4.74 Å². The molecule has 1 saturated heterocycles. The minimum Gasteiger partial charge on any atom is -0.497 e. The summed E-state index contributed by atoms with van der Waals surface area (Å²) in [6.07, 6.45) is 1.71. The lowest BCUT2D eigenvalue weighted by molar-refractivity contribution is 0.0739. The van der Waals surface area contributed by atoms with Gasteiger partial charge in [-0.2, -0.15) is 5.10 Å². The van der Waals surface area contributed by atoms with Crippen molar-refractivity contribution in [2.75, 3.05) is 38.2 Å². The van der Waals surface area contributed by atoms with Crippen molar-refractivity contribution in [3.8, 4) is 17.0 Å². The van der Waals surface area contributed by atoms with Gasteiger partial charge in [0.05, 0.1) is 12.8 Å². The maximum absolute atomic E-state index is 13.2. The molecule has 1 fully saturated rings. The number of rotatable bonds is 3. The molecule has 2 aliphatic rings. The van der Waals surface area contributed by atoms with Crippen LogP contribution in [0.2, 0.25) is 0 Å². The fourth-order valence-corrected chi connectivity index (χ4v) is 4.37. The van der Waals surface area contributed by atoms with Crippen LogP contribution in [0.15, 0.2) is 48.5 Å². The molecule has 0 unspecified atom stereocenters. The zero-order chi connectivity index (χ0) is 19.8. The van der Waals surface area contributed by atoms with Gasteiger partial charge in [0.2, 0.25) is 0 Å². The Morgan fingerprint density at radius 1 is 1.03 bits per heavy atom. The van der Waals surface area contributed by atoms with Gasteiger partial charge in [0.15, 0.2) is 0 Å². The number of aromatic amines is 1. The van der Waals surface area contributed by atoms with Gasteiger partial charge in [-0.1, -0.05) is 18.2 Å². The number of hydrogen-bond donors (Lipinski definition) is 1. The molecule has 0 atom stereocenters. The quantitative estimate of drug-likeness (QED) is 0.749. The van der Waals surface area contributed by atoms with E-state index in [0.29, 0.717) is 5.69 Å². The molecule has 2 aromatic carbocycles. The molecule has 148 valence electrons. The Balaban J connectivity index is 1.34. The molecule has 3 aromatic rings. The predicted octanol–water partition coefficient (Wildman–Crippen LogP) is 3.15. The summed E-state index contributed by atoms with van der Waals surface area (Å²) >= 11 is 0. The summed E-state index contributed by atoms with van der Waals surface area (Å²) in [5, 5.41) is 7.55. The number of nitrogens with one attached hydrogen (secondary N) is 1. The highest BCUT2D eigenvalue weighted by Gasteiger charge is 2.29. The van der Waals surface area contributed by atoms with E-state index in [1.165, 1.54) is 11.3 Å². The summed E-state index contributed by atoms with van der Waals surface area (Å²) in [4.78, 5) is 17.5. The van der Waals surface area contributed by atoms with E-state index >= 15 is 0 Å². The second-order valence-corrected chi connectivity index (χ2v) is 7.56. The summed E-state index contributed by atoms with van der Waals surface area (Å²) in [7, 11) is 1.68. The SMILES string of the molecule is COc1ccc2c(c1)CCc1c-2n[nH]c1C(=O)N1CCN(c2ccccc2)CC1. The summed E-state index contributed by atoms with van der Waals surface area (Å²) in [6, 6.07) is 16.4. The van der Waals surface area contributed by atoms with E-state index < -0.39 is 0 Å². The Bertz CT molecular complexity index is 1040. The lowest BCUT2D eigenvalue weighted by Crippen LogP contribution is -2.49. The predicted molar refractivity (Wildman–Crippen MR) is 113 cm³/mol. The molecule has 1 aliphatic heterocycles. The number of carbonyl (C=O) groups excluding carboxylic acids is 1. The highest BCUT2D eigenvalue weighted by Crippen LogP contribution is 2.35. The molecule has 1 N–H and O–H groups in total. The summed E-state index contributed by atoms with van der Waals surface area (Å²) in [5.41, 5.74) is 6.12. The maximum Gasteiger partial charge on any atom is 0.272 e. The van der Waals surface area contributed by atoms with E-state index in [1.807, 2.05) is 23.1 Å². The average Bonchev–Trinajstić information content (AvgIpc) is 3.23. The molecular formula is C23H24N4O2. The zero-order valence-corrected chi connectivity index (χ0v) is 16.5. The van der Waals surface area contributed by atoms with Gasteiger partial charge in [0.1, 0.15) is 11.4 Å². The largest absolute Gasteiger partial charge is 0.497 e. The number of piperazine rings is 1. The van der Waals surface area contributed by atoms with Gasteiger partial charge in [-0.05, 0) is 48.7 Å². The van der Waals surface area contributed by atoms with Gasteiger partial charge in [-0.25, -0.2) is 0 Å². The molecule has 6 nitrogen and oxygen atoms in total. The smallest absolute Gasteiger partial charge is 0.272 e. The summed E-state index contributed by atoms with van der Waals surface area (Å²) in [6.45, 7) is 3.12. The number of aromatic nitrogens is 2. The Labute approximate surface area is 170 Å². The van der Waals surface area contributed by atoms with E-state index in [1.54, 1.807) is 7.11 Å². The number of amides is 1. The van der Waals surface area contributed by atoms with Crippen molar-refractivity contribution in [2.24, 2.45) is 0 Å². The van der Waals surface area contributed by atoms with Crippen molar-refractivity contribution in [3.05, 3.63) is 65.4 Å². The van der Waals surface area contributed by atoms with Crippen molar-refractivity contribution in [1.82, 2.24) is 15.1 Å². The zero-order valence-electron chi connectivity index (χ0n) is 16.5. The number of hydrogen-bond acceptors (Lipinski definition) is 4. The van der Waals surface area contributed by atoms with Crippen molar-refractivity contribution >= 4 is 11.6 Å². The van der Waals surface area contributed by atoms with Crippen molar-refractivity contribution in [3.63, 3.8) is 0 Å². The van der Waals surface area contributed by atoms with Gasteiger partial charge < -0.3 is 14.5 Å². The van der Waals surface area contributed by atoms with Crippen LogP contribution in [-0.4, -0.2) is 54.3 Å². The Morgan fingerprint density at radius 3 is 2.59 bits per heavy atom. The van der Waals surface area contributed by atoms with Crippen LogP contribution < -0.4 is 9.64 Å². The number of para-hydroxylation sites is 1. The number of H-pyrrole nitrogens is 1. The van der Waals surface area contributed by atoms with E-state index in [0.717, 1.165) is 61.6 Å². The summed E-state index contributed by atoms with van der Waals surface area (Å²) in [5.74, 6) is 0.916. The third kappa shape index (κ3) is 3.14. The van der Waals surface area contributed by atoms with Crippen LogP contribution in [0, 0.1) is 0 Å². The normalized spacial score (nSPS) is 15.6. The number of aryl methyl sites for hydroxylation is 1. The molecule has 5 rings (SSSR count). The van der Waals surface area contributed by atoms with Gasteiger partial charge in [-0.15, -0.1) is 0 Å². The second-order valence-electron chi connectivity index (χ2n) is 7.56. The Kier molecular flexibility index (Phi) is 4.46. The molecule has 1 aliphatic carbocycles. The third-order valence-electron chi connectivity index (χ3n) is 5.98. The average molecular weight is 388 g/mol.